The Kier molecular flexibility index (Phi) is 3.60. The van der Waals surface area contributed by atoms with E-state index >= 15 is 0 Å². The second kappa shape index (κ2) is 5.72. The molecule has 3 rings (SSSR count). The van der Waals surface area contributed by atoms with Crippen molar-refractivity contribution in [3.05, 3.63) is 86.7 Å². The summed E-state index contributed by atoms with van der Waals surface area (Å²) in [5.41, 5.74) is 0.154. The van der Waals surface area contributed by atoms with Crippen LogP contribution in [0.5, 0.6) is 0 Å². The van der Waals surface area contributed by atoms with Gasteiger partial charge in [0.1, 0.15) is 5.70 Å². The van der Waals surface area contributed by atoms with Crippen molar-refractivity contribution in [2.24, 2.45) is 9.98 Å². The number of carbonyl (C=O) groups is 2. The average Bonchev–Trinajstić information content (AvgIpc) is 2.55. The van der Waals surface area contributed by atoms with Crippen LogP contribution in [0.3, 0.4) is 0 Å². The molecule has 0 spiro atoms. The summed E-state index contributed by atoms with van der Waals surface area (Å²) in [5, 5.41) is 11.2. The number of non-ortho nitro benzene ring substituents is 1. The van der Waals surface area contributed by atoms with Crippen LogP contribution in [0.25, 0.3) is 0 Å². The molecular formula is C16H9N3O4. The Morgan fingerprint density at radius 3 is 2.48 bits per heavy atom. The first kappa shape index (κ1) is 14.5. The van der Waals surface area contributed by atoms with E-state index in [1.807, 2.05) is 0 Å². The van der Waals surface area contributed by atoms with Gasteiger partial charge in [0.15, 0.2) is 5.78 Å². The van der Waals surface area contributed by atoms with Crippen molar-refractivity contribution in [3.63, 3.8) is 0 Å². The minimum atomic E-state index is -0.706. The molecule has 7 heteroatoms. The third kappa shape index (κ3) is 2.93. The molecule has 7 nitrogen and oxygen atoms in total. The van der Waals surface area contributed by atoms with E-state index in [0.717, 1.165) is 6.08 Å². The summed E-state index contributed by atoms with van der Waals surface area (Å²) in [4.78, 5) is 42.0. The largest absolute Gasteiger partial charge is 0.296 e. The van der Waals surface area contributed by atoms with Crippen LogP contribution in [-0.4, -0.2) is 16.6 Å². The number of rotatable bonds is 3. The van der Waals surface area contributed by atoms with Crippen molar-refractivity contribution < 1.29 is 14.5 Å². The number of carbonyl (C=O) groups excluding carboxylic acids is 2. The highest BCUT2D eigenvalue weighted by Crippen LogP contribution is 2.09. The van der Waals surface area contributed by atoms with Crippen LogP contribution in [0, 0.1) is 10.1 Å². The van der Waals surface area contributed by atoms with E-state index in [9.17, 15) is 19.7 Å². The van der Waals surface area contributed by atoms with Crippen molar-refractivity contribution >= 4 is 17.4 Å². The Morgan fingerprint density at radius 2 is 1.78 bits per heavy atom. The fourth-order valence-electron chi connectivity index (χ4n) is 2.06. The fraction of sp³-hybridized carbons (Fsp3) is 0. The molecule has 0 N–H and O–H groups in total. The number of ketones is 1. The van der Waals surface area contributed by atoms with Gasteiger partial charge in [-0.1, -0.05) is 30.3 Å². The van der Waals surface area contributed by atoms with Gasteiger partial charge in [0.05, 0.1) is 15.6 Å². The van der Waals surface area contributed by atoms with Crippen LogP contribution in [0.4, 0.5) is 5.69 Å². The SMILES string of the molecule is O=C1N=c2cc([N+](=O)[O-])ccc2=N/C1=C/C(=O)c1ccccc1. The number of nitrogens with zero attached hydrogens (tertiary/aromatic N) is 3. The highest BCUT2D eigenvalue weighted by molar-refractivity contribution is 6.09. The van der Waals surface area contributed by atoms with Gasteiger partial charge in [-0.05, 0) is 6.07 Å². The molecule has 0 aliphatic carbocycles. The van der Waals surface area contributed by atoms with E-state index in [-0.39, 0.29) is 22.5 Å². The van der Waals surface area contributed by atoms with Crippen LogP contribution < -0.4 is 10.7 Å². The van der Waals surface area contributed by atoms with Crippen LogP contribution in [-0.2, 0) is 4.79 Å². The smallest absolute Gasteiger partial charge is 0.289 e. The standard InChI is InChI=1S/C16H9N3O4/c20-15(10-4-2-1-3-5-10)9-14-16(21)18-13-8-11(19(22)23)6-7-12(13)17-14/h1-9H/b14-9+. The van der Waals surface area contributed by atoms with Gasteiger partial charge in [0, 0.05) is 23.8 Å². The zero-order valence-corrected chi connectivity index (χ0v) is 11.7. The summed E-state index contributed by atoms with van der Waals surface area (Å²) in [7, 11) is 0. The number of amides is 1. The molecule has 0 unspecified atom stereocenters. The molecule has 2 aromatic carbocycles. The Hall–Kier alpha value is -3.48. The molecule has 0 bridgehead atoms. The van der Waals surface area contributed by atoms with Gasteiger partial charge in [0.25, 0.3) is 11.6 Å². The van der Waals surface area contributed by atoms with Crippen molar-refractivity contribution in [2.45, 2.75) is 0 Å². The predicted octanol–water partition coefficient (Wildman–Crippen LogP) is 1.14. The maximum atomic E-state index is 12.1. The van der Waals surface area contributed by atoms with Gasteiger partial charge in [-0.2, -0.15) is 0 Å². The Labute approximate surface area is 129 Å². The highest BCUT2D eigenvalue weighted by atomic mass is 16.6. The number of fused-ring (bicyclic) bond motifs is 1. The number of nitro benzene ring substituents is 1. The molecule has 0 atom stereocenters. The first-order chi connectivity index (χ1) is 11.0. The fourth-order valence-corrected chi connectivity index (χ4v) is 2.06. The third-order valence-corrected chi connectivity index (χ3v) is 3.18. The van der Waals surface area contributed by atoms with E-state index in [2.05, 4.69) is 9.98 Å². The first-order valence-electron chi connectivity index (χ1n) is 6.62. The number of nitro groups is 1. The van der Waals surface area contributed by atoms with Gasteiger partial charge in [-0.3, -0.25) is 19.7 Å². The number of benzene rings is 2. The average molecular weight is 307 g/mol. The molecule has 23 heavy (non-hydrogen) atoms. The topological polar surface area (TPSA) is 102 Å². The molecule has 0 radical (unpaired) electrons. The lowest BCUT2D eigenvalue weighted by atomic mass is 10.1. The first-order valence-corrected chi connectivity index (χ1v) is 6.62. The summed E-state index contributed by atoms with van der Waals surface area (Å²) < 4.78 is 0. The van der Waals surface area contributed by atoms with Gasteiger partial charge in [0.2, 0.25) is 0 Å². The second-order valence-corrected chi connectivity index (χ2v) is 4.72. The lowest BCUT2D eigenvalue weighted by molar-refractivity contribution is -0.385. The summed E-state index contributed by atoms with van der Waals surface area (Å²) >= 11 is 0. The van der Waals surface area contributed by atoms with Gasteiger partial charge >= 0.3 is 0 Å². The van der Waals surface area contributed by atoms with Crippen molar-refractivity contribution in [1.82, 2.24) is 0 Å². The summed E-state index contributed by atoms with van der Waals surface area (Å²) in [6.07, 6.45) is 1.12. The maximum Gasteiger partial charge on any atom is 0.296 e. The molecule has 0 saturated heterocycles. The normalized spacial score (nSPS) is 14.6. The van der Waals surface area contributed by atoms with Crippen LogP contribution in [0.2, 0.25) is 0 Å². The quantitative estimate of drug-likeness (QED) is 0.367. The monoisotopic (exact) mass is 307 g/mol. The molecule has 0 saturated carbocycles. The van der Waals surface area contributed by atoms with Crippen LogP contribution in [0.1, 0.15) is 10.4 Å². The van der Waals surface area contributed by atoms with E-state index < -0.39 is 10.8 Å². The van der Waals surface area contributed by atoms with Crippen molar-refractivity contribution in [3.8, 4) is 0 Å². The third-order valence-electron chi connectivity index (χ3n) is 3.18. The predicted molar refractivity (Wildman–Crippen MR) is 79.3 cm³/mol. The maximum absolute atomic E-state index is 12.1. The molecule has 0 aromatic heterocycles. The van der Waals surface area contributed by atoms with Crippen LogP contribution in [0.15, 0.2) is 70.3 Å². The van der Waals surface area contributed by atoms with E-state index in [0.29, 0.717) is 10.9 Å². The molecule has 1 heterocycles. The van der Waals surface area contributed by atoms with Gasteiger partial charge in [-0.25, -0.2) is 9.98 Å². The number of allylic oxidation sites excluding steroid dienone is 1. The van der Waals surface area contributed by atoms with Crippen molar-refractivity contribution in [2.75, 3.05) is 0 Å². The van der Waals surface area contributed by atoms with E-state index in [1.54, 1.807) is 30.3 Å². The Morgan fingerprint density at radius 1 is 1.04 bits per heavy atom. The molecule has 1 aliphatic heterocycles. The number of hydrogen-bond acceptors (Lipinski definition) is 5. The summed E-state index contributed by atoms with van der Waals surface area (Å²) in [5.74, 6) is -1.07. The highest BCUT2D eigenvalue weighted by Gasteiger charge is 2.16. The molecule has 0 fully saturated rings. The van der Waals surface area contributed by atoms with Crippen LogP contribution >= 0.6 is 0 Å². The lowest BCUT2D eigenvalue weighted by Crippen LogP contribution is -2.31. The molecule has 2 aromatic rings. The molecule has 1 aliphatic rings. The summed E-state index contributed by atoms with van der Waals surface area (Å²) in [6.45, 7) is 0. The Balaban J connectivity index is 2.03. The van der Waals surface area contributed by atoms with E-state index in [4.69, 9.17) is 0 Å². The molecular weight excluding hydrogens is 298 g/mol. The lowest BCUT2D eigenvalue weighted by Gasteiger charge is -2.02. The molecule has 1 amide bonds. The minimum absolute atomic E-state index is 0.0970. The zero-order chi connectivity index (χ0) is 16.4. The van der Waals surface area contributed by atoms with E-state index in [1.165, 1.54) is 18.2 Å². The minimum Gasteiger partial charge on any atom is -0.289 e. The summed E-state index contributed by atoms with van der Waals surface area (Å²) in [6, 6.07) is 12.3. The van der Waals surface area contributed by atoms with Gasteiger partial charge < -0.3 is 0 Å². The van der Waals surface area contributed by atoms with Crippen molar-refractivity contribution in [1.29, 1.82) is 0 Å². The second-order valence-electron chi connectivity index (χ2n) is 4.72. The zero-order valence-electron chi connectivity index (χ0n) is 11.7. The Bertz CT molecular complexity index is 978. The number of hydrogen-bond donors (Lipinski definition) is 0. The molecule has 112 valence electrons. The van der Waals surface area contributed by atoms with Gasteiger partial charge in [-0.15, -0.1) is 0 Å².